The molecule has 8 amide bonds. The van der Waals surface area contributed by atoms with Crippen LogP contribution in [0.1, 0.15) is 39.5 Å². The summed E-state index contributed by atoms with van der Waals surface area (Å²) in [6.45, 7) is 1.63. The molecule has 0 aromatic rings. The quantitative estimate of drug-likeness (QED) is 0.0422. The van der Waals surface area contributed by atoms with Crippen molar-refractivity contribution >= 4 is 86.7 Å². The van der Waals surface area contributed by atoms with Crippen LogP contribution in [0.5, 0.6) is 0 Å². The average Bonchev–Trinajstić information content (AvgIpc) is 3.08. The molecule has 3 unspecified atom stereocenters. The van der Waals surface area contributed by atoms with Crippen LogP contribution >= 0.6 is 21.6 Å². The molecule has 1 aliphatic heterocycles. The lowest BCUT2D eigenvalue weighted by Crippen LogP contribution is -2.60. The van der Waals surface area contributed by atoms with Crippen molar-refractivity contribution in [3.63, 3.8) is 0 Å². The topological polar surface area (TPSA) is 412 Å². The van der Waals surface area contributed by atoms with E-state index >= 15 is 0 Å². The van der Waals surface area contributed by atoms with Gasteiger partial charge in [0.05, 0.1) is 32.0 Å². The highest BCUT2D eigenvalue weighted by molar-refractivity contribution is 8.76. The van der Waals surface area contributed by atoms with Gasteiger partial charge in [0.15, 0.2) is 5.96 Å². The summed E-state index contributed by atoms with van der Waals surface area (Å²) < 4.78 is 0. The lowest BCUT2D eigenvalue weighted by molar-refractivity contribution is -0.143. The molecule has 55 heavy (non-hydrogen) atoms. The van der Waals surface area contributed by atoms with Crippen LogP contribution in [0.25, 0.3) is 0 Å². The molecule has 1 rings (SSSR count). The summed E-state index contributed by atoms with van der Waals surface area (Å²) in [5.41, 5.74) is 22.0. The van der Waals surface area contributed by atoms with Crippen molar-refractivity contribution in [1.29, 1.82) is 0 Å². The Labute approximate surface area is 322 Å². The second-order valence-corrected chi connectivity index (χ2v) is 14.8. The monoisotopic (exact) mass is 820 g/mol. The number of amides is 8. The van der Waals surface area contributed by atoms with Crippen molar-refractivity contribution in [2.75, 3.05) is 31.1 Å². The molecule has 0 spiro atoms. The molecule has 0 aromatic heterocycles. The summed E-state index contributed by atoms with van der Waals surface area (Å²) in [6.07, 6.45) is -1.98. The van der Waals surface area contributed by atoms with E-state index in [1.807, 2.05) is 0 Å². The Hall–Kier alpha value is -5.37. The van der Waals surface area contributed by atoms with Gasteiger partial charge in [-0.2, -0.15) is 0 Å². The van der Waals surface area contributed by atoms with Crippen LogP contribution in [-0.4, -0.2) is 143 Å². The number of carbonyl (C=O) groups excluding carboxylic acids is 8. The zero-order valence-corrected chi connectivity index (χ0v) is 31.6. The number of primary amides is 1. The van der Waals surface area contributed by atoms with E-state index in [9.17, 15) is 58.2 Å². The number of nitrogens with two attached hydrogens (primary N) is 4. The predicted molar refractivity (Wildman–Crippen MR) is 197 cm³/mol. The number of hydrogen-bond donors (Lipinski definition) is 13. The number of carboxylic acids is 2. The molecule has 1 saturated heterocycles. The first-order valence-electron chi connectivity index (χ1n) is 16.5. The Kier molecular flexibility index (Phi) is 20.9. The summed E-state index contributed by atoms with van der Waals surface area (Å²) in [5.74, 6) is -12.1. The van der Waals surface area contributed by atoms with E-state index in [1.165, 1.54) is 13.8 Å². The molecule has 308 valence electrons. The smallest absolute Gasteiger partial charge is 0.305 e. The lowest BCUT2D eigenvalue weighted by Gasteiger charge is -2.27. The van der Waals surface area contributed by atoms with Crippen LogP contribution in [0.3, 0.4) is 0 Å². The first-order chi connectivity index (χ1) is 25.7. The fourth-order valence-electron chi connectivity index (χ4n) is 4.45. The van der Waals surface area contributed by atoms with Crippen LogP contribution in [0.4, 0.5) is 0 Å². The minimum Gasteiger partial charge on any atom is -0.481 e. The minimum absolute atomic E-state index is 0.0237. The maximum atomic E-state index is 13.3. The standard InChI is InChI=1S/C29H48N12O12S2/c1-12(2)22-28(53)40-17(23(31)48)11-55-54-10-13(30)24(49)35-8-18(42)37-14(4-3-5-34-29(32)33)25(50)36-9-19(43)38-15(6-20(44)45)26(51)39-16(7-21(46)47)27(52)41-22/h12-17,22H,3-11,30H2,1-2H3,(H2,31,48)(H,35,49)(H,36,50)(H,37,42)(H,38,43)(H,39,51)(H,40,53)(H,41,52)(H,44,45)(H,46,47)(H4,32,33,34)/t13-,14+,15?,16-,17?,22?/m1/s1. The van der Waals surface area contributed by atoms with Gasteiger partial charge in [0, 0.05) is 18.1 Å². The zero-order chi connectivity index (χ0) is 41.8. The van der Waals surface area contributed by atoms with Crippen LogP contribution in [-0.2, 0) is 47.9 Å². The van der Waals surface area contributed by atoms with E-state index < -0.39 is 127 Å². The molecule has 24 nitrogen and oxygen atoms in total. The van der Waals surface area contributed by atoms with Crippen molar-refractivity contribution in [3.05, 3.63) is 0 Å². The molecule has 26 heteroatoms. The Bertz CT molecular complexity index is 1480. The van der Waals surface area contributed by atoms with E-state index in [1.54, 1.807) is 0 Å². The van der Waals surface area contributed by atoms with Gasteiger partial charge < -0.3 is 70.4 Å². The predicted octanol–water partition coefficient (Wildman–Crippen LogP) is -6.49. The maximum absolute atomic E-state index is 13.3. The summed E-state index contributed by atoms with van der Waals surface area (Å²) >= 11 is 0. The highest BCUT2D eigenvalue weighted by Gasteiger charge is 2.34. The Morgan fingerprint density at radius 3 is 1.75 bits per heavy atom. The van der Waals surface area contributed by atoms with E-state index in [2.05, 4.69) is 42.2 Å². The Morgan fingerprint density at radius 2 is 1.22 bits per heavy atom. The Balaban J connectivity index is 3.44. The molecule has 0 radical (unpaired) electrons. The number of aliphatic carboxylic acids is 2. The fourth-order valence-corrected chi connectivity index (χ4v) is 6.75. The third kappa shape index (κ3) is 19.0. The number of aliphatic imine (C=N–C) groups is 1. The summed E-state index contributed by atoms with van der Waals surface area (Å²) in [4.78, 5) is 130. The molecule has 1 heterocycles. The average molecular weight is 821 g/mol. The highest BCUT2D eigenvalue weighted by Crippen LogP contribution is 2.22. The van der Waals surface area contributed by atoms with Crippen LogP contribution in [0.15, 0.2) is 4.99 Å². The van der Waals surface area contributed by atoms with Crippen LogP contribution in [0.2, 0.25) is 0 Å². The molecule has 6 atom stereocenters. The van der Waals surface area contributed by atoms with Gasteiger partial charge in [0.1, 0.15) is 30.2 Å². The molecule has 0 aromatic carbocycles. The second kappa shape index (κ2) is 24.1. The molecule has 1 aliphatic rings. The van der Waals surface area contributed by atoms with Gasteiger partial charge in [-0.15, -0.1) is 0 Å². The van der Waals surface area contributed by atoms with Crippen molar-refractivity contribution in [2.24, 2.45) is 33.8 Å². The largest absolute Gasteiger partial charge is 0.481 e. The first-order valence-corrected chi connectivity index (χ1v) is 19.0. The Morgan fingerprint density at radius 1 is 0.709 bits per heavy atom. The van der Waals surface area contributed by atoms with Crippen molar-refractivity contribution in [3.8, 4) is 0 Å². The SMILES string of the molecule is CC(C)C1NC(=O)[C@@H](CC(=O)O)NC(=O)C(CC(=O)O)NC(=O)CNC(=O)[C@H](CCCN=C(N)N)NC(=O)CNC(=O)[C@H](N)CSSCC(C(N)=O)NC1=O. The van der Waals surface area contributed by atoms with Gasteiger partial charge in [-0.25, -0.2) is 0 Å². The number of hydrogen-bond acceptors (Lipinski definition) is 14. The number of nitrogens with zero attached hydrogens (tertiary/aromatic N) is 1. The maximum Gasteiger partial charge on any atom is 0.305 e. The fraction of sp³-hybridized carbons (Fsp3) is 0.621. The van der Waals surface area contributed by atoms with Crippen molar-refractivity contribution in [1.82, 2.24) is 37.2 Å². The lowest BCUT2D eigenvalue weighted by atomic mass is 10.0. The normalized spacial score (nSPS) is 24.8. The summed E-state index contributed by atoms with van der Waals surface area (Å²) in [5, 5.41) is 34.7. The van der Waals surface area contributed by atoms with Gasteiger partial charge in [0.25, 0.3) is 0 Å². The van der Waals surface area contributed by atoms with Gasteiger partial charge >= 0.3 is 11.9 Å². The highest BCUT2D eigenvalue weighted by atomic mass is 33.1. The van der Waals surface area contributed by atoms with E-state index in [0.717, 1.165) is 21.6 Å². The third-order valence-corrected chi connectivity index (χ3v) is 9.74. The van der Waals surface area contributed by atoms with Gasteiger partial charge in [0.2, 0.25) is 47.3 Å². The molecular formula is C29H48N12O12S2. The van der Waals surface area contributed by atoms with Gasteiger partial charge in [-0.3, -0.25) is 52.9 Å². The van der Waals surface area contributed by atoms with Crippen molar-refractivity contribution < 1.29 is 58.2 Å². The molecule has 0 bridgehead atoms. The first kappa shape index (κ1) is 47.7. The number of carbonyl (C=O) groups is 10. The number of guanidine groups is 1. The third-order valence-electron chi connectivity index (χ3n) is 7.29. The van der Waals surface area contributed by atoms with Crippen LogP contribution < -0.4 is 60.2 Å². The number of rotatable bonds is 10. The van der Waals surface area contributed by atoms with Crippen LogP contribution in [0, 0.1) is 5.92 Å². The van der Waals surface area contributed by atoms with Gasteiger partial charge in [-0.1, -0.05) is 35.4 Å². The summed E-state index contributed by atoms with van der Waals surface area (Å²) in [6, 6.07) is -8.93. The molecule has 17 N–H and O–H groups in total. The number of nitrogens with one attached hydrogen (secondary N) is 7. The van der Waals surface area contributed by atoms with E-state index in [4.69, 9.17) is 22.9 Å². The minimum atomic E-state index is -1.90. The summed E-state index contributed by atoms with van der Waals surface area (Å²) in [7, 11) is 2.05. The molecular weight excluding hydrogens is 773 g/mol. The van der Waals surface area contributed by atoms with E-state index in [-0.39, 0.29) is 36.9 Å². The zero-order valence-electron chi connectivity index (χ0n) is 30.0. The molecule has 1 fully saturated rings. The van der Waals surface area contributed by atoms with Gasteiger partial charge in [-0.05, 0) is 18.8 Å². The van der Waals surface area contributed by atoms with E-state index in [0.29, 0.717) is 0 Å². The second-order valence-electron chi connectivity index (χ2n) is 12.3. The molecule has 0 saturated carbocycles. The van der Waals surface area contributed by atoms with Crippen molar-refractivity contribution in [2.45, 2.75) is 75.8 Å². The molecule has 0 aliphatic carbocycles. The number of carboxylic acid groups (broad SMARTS) is 2.